The van der Waals surface area contributed by atoms with Crippen LogP contribution in [0.5, 0.6) is 11.5 Å². The van der Waals surface area contributed by atoms with Gasteiger partial charge in [0.25, 0.3) is 0 Å². The highest BCUT2D eigenvalue weighted by atomic mass is 16.5. The van der Waals surface area contributed by atoms with E-state index in [-0.39, 0.29) is 5.97 Å². The Labute approximate surface area is 99.8 Å². The largest absolute Gasteiger partial charge is 0.489 e. The lowest BCUT2D eigenvalue weighted by atomic mass is 10.3. The number of hydrogen-bond donors (Lipinski definition) is 0. The first-order chi connectivity index (χ1) is 8.11. The van der Waals surface area contributed by atoms with E-state index in [4.69, 9.17) is 9.47 Å². The van der Waals surface area contributed by atoms with Gasteiger partial charge in [0.2, 0.25) is 0 Å². The summed E-state index contributed by atoms with van der Waals surface area (Å²) >= 11 is 0. The van der Waals surface area contributed by atoms with E-state index in [1.807, 2.05) is 0 Å². The molecule has 0 spiro atoms. The summed E-state index contributed by atoms with van der Waals surface area (Å²) in [5, 5.41) is 0. The average molecular weight is 234 g/mol. The third kappa shape index (κ3) is 4.97. The molecule has 4 heteroatoms. The Morgan fingerprint density at radius 1 is 1.29 bits per heavy atom. The van der Waals surface area contributed by atoms with Crippen LogP contribution in [-0.4, -0.2) is 18.9 Å². The number of rotatable bonds is 5. The van der Waals surface area contributed by atoms with Gasteiger partial charge in [-0.2, -0.15) is 0 Å². The molecule has 0 saturated carbocycles. The molecule has 0 heterocycles. The number of benzene rings is 1. The summed E-state index contributed by atoms with van der Waals surface area (Å²) in [5.74, 6) is 0.642. The quantitative estimate of drug-likeness (QED) is 0.339. The van der Waals surface area contributed by atoms with Crippen molar-refractivity contribution in [1.82, 2.24) is 0 Å². The van der Waals surface area contributed by atoms with E-state index in [0.29, 0.717) is 23.7 Å². The van der Waals surface area contributed by atoms with Gasteiger partial charge in [0, 0.05) is 13.0 Å². The summed E-state index contributed by atoms with van der Waals surface area (Å²) in [7, 11) is 0. The highest BCUT2D eigenvalue weighted by Gasteiger charge is 1.99. The minimum atomic E-state index is -0.376. The normalized spacial score (nSPS) is 10.8. The molecular formula is C13H14O4. The van der Waals surface area contributed by atoms with Crippen molar-refractivity contribution in [1.29, 1.82) is 0 Å². The summed E-state index contributed by atoms with van der Waals surface area (Å²) in [6, 6.07) is 6.76. The number of esters is 1. The van der Waals surface area contributed by atoms with Gasteiger partial charge in [0.05, 0.1) is 0 Å². The summed E-state index contributed by atoms with van der Waals surface area (Å²) in [5.41, 5.74) is 0.612. The molecular weight excluding hydrogens is 220 g/mol. The molecule has 0 aromatic heterocycles. The molecule has 0 amide bonds. The van der Waals surface area contributed by atoms with E-state index < -0.39 is 0 Å². The number of aldehydes is 1. The Hall–Kier alpha value is -2.10. The molecule has 0 unspecified atom stereocenters. The molecule has 0 N–H and O–H groups in total. The lowest BCUT2D eigenvalue weighted by Crippen LogP contribution is -2.01. The predicted molar refractivity (Wildman–Crippen MR) is 63.1 cm³/mol. The molecule has 1 rings (SSSR count). The van der Waals surface area contributed by atoms with Gasteiger partial charge in [-0.05, 0) is 30.7 Å². The van der Waals surface area contributed by atoms with Crippen LogP contribution in [0.15, 0.2) is 35.9 Å². The molecule has 0 aliphatic carbocycles. The van der Waals surface area contributed by atoms with Crippen molar-refractivity contribution in [2.24, 2.45) is 0 Å². The van der Waals surface area contributed by atoms with Gasteiger partial charge in [-0.15, -0.1) is 0 Å². The molecule has 17 heavy (non-hydrogen) atoms. The predicted octanol–water partition coefficient (Wildman–Crippen LogP) is 2.14. The van der Waals surface area contributed by atoms with Crippen molar-refractivity contribution >= 4 is 12.3 Å². The van der Waals surface area contributed by atoms with Crippen LogP contribution in [-0.2, 0) is 9.59 Å². The summed E-state index contributed by atoms with van der Waals surface area (Å²) in [4.78, 5) is 21.1. The van der Waals surface area contributed by atoms with Crippen molar-refractivity contribution in [3.8, 4) is 11.5 Å². The van der Waals surface area contributed by atoms with E-state index in [2.05, 4.69) is 0 Å². The topological polar surface area (TPSA) is 52.6 Å². The van der Waals surface area contributed by atoms with Crippen molar-refractivity contribution < 1.29 is 19.1 Å². The average Bonchev–Trinajstić information content (AvgIpc) is 2.28. The molecule has 0 saturated heterocycles. The van der Waals surface area contributed by atoms with E-state index in [1.165, 1.54) is 6.92 Å². The first-order valence-electron chi connectivity index (χ1n) is 5.15. The molecule has 1 aromatic carbocycles. The Kier molecular flexibility index (Phi) is 4.94. The molecule has 90 valence electrons. The fourth-order valence-corrected chi connectivity index (χ4v) is 1.11. The number of carbonyl (C=O) groups excluding carboxylic acids is 2. The van der Waals surface area contributed by atoms with Gasteiger partial charge in [-0.25, -0.2) is 0 Å². The molecule has 0 aliphatic rings. The van der Waals surface area contributed by atoms with Crippen LogP contribution in [0.25, 0.3) is 0 Å². The Bertz CT molecular complexity index is 435. The molecule has 0 fully saturated rings. The van der Waals surface area contributed by atoms with Gasteiger partial charge in [0.1, 0.15) is 24.4 Å². The Morgan fingerprint density at radius 2 is 2.00 bits per heavy atom. The van der Waals surface area contributed by atoms with E-state index in [0.717, 1.165) is 6.29 Å². The highest BCUT2D eigenvalue weighted by molar-refractivity contribution is 5.72. The van der Waals surface area contributed by atoms with Gasteiger partial charge < -0.3 is 9.47 Å². The van der Waals surface area contributed by atoms with Crippen molar-refractivity contribution in [2.75, 3.05) is 6.61 Å². The van der Waals surface area contributed by atoms with Crippen molar-refractivity contribution in [3.05, 3.63) is 35.9 Å². The van der Waals surface area contributed by atoms with Crippen LogP contribution in [0.3, 0.4) is 0 Å². The zero-order chi connectivity index (χ0) is 12.7. The van der Waals surface area contributed by atoms with Crippen LogP contribution in [0, 0.1) is 0 Å². The van der Waals surface area contributed by atoms with Gasteiger partial charge >= 0.3 is 5.97 Å². The minimum absolute atomic E-state index is 0.300. The smallest absolute Gasteiger partial charge is 0.308 e. The molecule has 1 aromatic rings. The molecule has 0 bridgehead atoms. The molecule has 0 radical (unpaired) electrons. The number of hydrogen-bond acceptors (Lipinski definition) is 4. The molecule has 0 atom stereocenters. The first kappa shape index (κ1) is 13.0. The second kappa shape index (κ2) is 6.48. The first-order valence-corrected chi connectivity index (χ1v) is 5.15. The van der Waals surface area contributed by atoms with Crippen LogP contribution < -0.4 is 9.47 Å². The number of carbonyl (C=O) groups is 2. The second-order valence-electron chi connectivity index (χ2n) is 3.45. The third-order valence-corrected chi connectivity index (χ3v) is 1.91. The summed E-state index contributed by atoms with van der Waals surface area (Å²) < 4.78 is 10.3. The van der Waals surface area contributed by atoms with Gasteiger partial charge in [-0.3, -0.25) is 9.59 Å². The third-order valence-electron chi connectivity index (χ3n) is 1.91. The number of allylic oxidation sites excluding steroid dienone is 1. The zero-order valence-electron chi connectivity index (χ0n) is 9.80. The zero-order valence-corrected chi connectivity index (χ0v) is 9.80. The van der Waals surface area contributed by atoms with Crippen LogP contribution in [0.2, 0.25) is 0 Å². The summed E-state index contributed by atoms with van der Waals surface area (Å²) in [6.45, 7) is 3.34. The summed E-state index contributed by atoms with van der Waals surface area (Å²) in [6.07, 6.45) is 2.43. The second-order valence-corrected chi connectivity index (χ2v) is 3.45. The molecule has 4 nitrogen and oxygen atoms in total. The van der Waals surface area contributed by atoms with Crippen molar-refractivity contribution in [2.45, 2.75) is 13.8 Å². The standard InChI is InChI=1S/C13H14O4/c1-10(9-14)6-7-16-12-4-3-5-13(8-12)17-11(2)15/h3-6,8-9H,7H2,1-2H3/b10-6+. The maximum atomic E-state index is 10.8. The lowest BCUT2D eigenvalue weighted by Gasteiger charge is -2.05. The van der Waals surface area contributed by atoms with Crippen LogP contribution in [0.4, 0.5) is 0 Å². The van der Waals surface area contributed by atoms with Gasteiger partial charge in [0.15, 0.2) is 0 Å². The van der Waals surface area contributed by atoms with Crippen LogP contribution in [0.1, 0.15) is 13.8 Å². The van der Waals surface area contributed by atoms with E-state index in [1.54, 1.807) is 37.3 Å². The van der Waals surface area contributed by atoms with E-state index >= 15 is 0 Å². The fraction of sp³-hybridized carbons (Fsp3) is 0.231. The monoisotopic (exact) mass is 234 g/mol. The SMILES string of the molecule is CC(=O)Oc1cccc(OC/C=C(\C)C=O)c1. The Balaban J connectivity index is 2.59. The van der Waals surface area contributed by atoms with E-state index in [9.17, 15) is 9.59 Å². The highest BCUT2D eigenvalue weighted by Crippen LogP contribution is 2.19. The fourth-order valence-electron chi connectivity index (χ4n) is 1.11. The number of ether oxygens (including phenoxy) is 2. The molecule has 0 aliphatic heterocycles. The lowest BCUT2D eigenvalue weighted by molar-refractivity contribution is -0.131. The van der Waals surface area contributed by atoms with Gasteiger partial charge in [-0.1, -0.05) is 6.07 Å². The van der Waals surface area contributed by atoms with Crippen LogP contribution >= 0.6 is 0 Å². The maximum Gasteiger partial charge on any atom is 0.308 e. The van der Waals surface area contributed by atoms with Crippen molar-refractivity contribution in [3.63, 3.8) is 0 Å². The minimum Gasteiger partial charge on any atom is -0.489 e. The maximum absolute atomic E-state index is 10.8. The Morgan fingerprint density at radius 3 is 2.65 bits per heavy atom.